The zero-order chi connectivity index (χ0) is 0. The molecule has 0 atom stereocenters. The fourth-order valence-corrected chi connectivity index (χ4v) is 0. The van der Waals surface area contributed by atoms with E-state index in [0.717, 1.165) is 0 Å². The van der Waals surface area contributed by atoms with Crippen LogP contribution in [0.3, 0.4) is 0 Å². The van der Waals surface area contributed by atoms with Crippen molar-refractivity contribution in [3.8, 4) is 0 Å². The predicted octanol–water partition coefficient (Wildman–Crippen LogP) is -2.48. The molecule has 0 saturated heterocycles. The first kappa shape index (κ1) is 85.9. The maximum absolute atomic E-state index is 0. The van der Waals surface area contributed by atoms with Crippen LogP contribution in [0.2, 0.25) is 0 Å². The van der Waals surface area contributed by atoms with Crippen LogP contribution >= 0.6 is 0 Å². The van der Waals surface area contributed by atoms with Crippen LogP contribution in [0.25, 0.3) is 0 Å². The molecule has 0 rings (SSSR count). The first-order valence-corrected chi connectivity index (χ1v) is 0. The molecule has 0 aliphatic carbocycles. The average Bonchev–Trinajstić information content (AvgIpc) is 0. The molecular weight excluding hydrogens is 317 g/mol. The van der Waals surface area contributed by atoms with Crippen LogP contribution in [0, 0.1) is 39.9 Å². The predicted molar refractivity (Wildman–Crippen MR) is 10.8 cm³/mol. The van der Waals surface area contributed by atoms with Crippen molar-refractivity contribution >= 4 is 0 Å². The summed E-state index contributed by atoms with van der Waals surface area (Å²) in [6, 6.07) is 0. The molecule has 6 heavy (non-hydrogen) atoms. The quantitative estimate of drug-likeness (QED) is 0.442. The molecular formula is H6Fe2GdO3. The van der Waals surface area contributed by atoms with Gasteiger partial charge in [0.25, 0.3) is 0 Å². The first-order chi connectivity index (χ1) is 0. The van der Waals surface area contributed by atoms with E-state index in [9.17, 15) is 0 Å². The van der Waals surface area contributed by atoms with Gasteiger partial charge in [0.1, 0.15) is 0 Å². The van der Waals surface area contributed by atoms with Gasteiger partial charge in [-0.3, -0.25) is 0 Å². The Balaban J connectivity index is 0. The van der Waals surface area contributed by atoms with E-state index >= 15 is 0 Å². The van der Waals surface area contributed by atoms with Crippen molar-refractivity contribution in [1.82, 2.24) is 0 Å². The third kappa shape index (κ3) is 34.1. The second kappa shape index (κ2) is 56.1. The van der Waals surface area contributed by atoms with Crippen LogP contribution in [0.5, 0.6) is 0 Å². The molecule has 0 aromatic heterocycles. The summed E-state index contributed by atoms with van der Waals surface area (Å²) in [5.74, 6) is 0. The summed E-state index contributed by atoms with van der Waals surface area (Å²) in [6.45, 7) is 0. The molecule has 0 aromatic carbocycles. The normalized spacial score (nSPS) is 0. The van der Waals surface area contributed by atoms with Crippen molar-refractivity contribution in [1.29, 1.82) is 0 Å². The first-order valence-electron chi connectivity index (χ1n) is 0. The molecule has 0 unspecified atom stereocenters. The van der Waals surface area contributed by atoms with Crippen LogP contribution in [0.15, 0.2) is 0 Å². The molecule has 0 heterocycles. The summed E-state index contributed by atoms with van der Waals surface area (Å²) in [6.07, 6.45) is 0. The molecule has 0 aromatic rings. The summed E-state index contributed by atoms with van der Waals surface area (Å²) in [7, 11) is 0. The molecule has 0 spiro atoms. The van der Waals surface area contributed by atoms with E-state index in [1.807, 2.05) is 0 Å². The molecule has 0 saturated carbocycles. The number of hydrogen-bond acceptors (Lipinski definition) is 0. The van der Waals surface area contributed by atoms with Crippen LogP contribution in [0.1, 0.15) is 0 Å². The fourth-order valence-electron chi connectivity index (χ4n) is 0. The van der Waals surface area contributed by atoms with Gasteiger partial charge < -0.3 is 16.4 Å². The largest absolute Gasteiger partial charge is 0.412 e. The van der Waals surface area contributed by atoms with Gasteiger partial charge in [0.15, 0.2) is 0 Å². The Kier molecular flexibility index (Phi) is 803. The average molecular weight is 323 g/mol. The van der Waals surface area contributed by atoms with Gasteiger partial charge in [-0.05, 0) is 0 Å². The maximum Gasteiger partial charge on any atom is 0 e. The smallest absolute Gasteiger partial charge is 0 e. The maximum atomic E-state index is 0. The van der Waals surface area contributed by atoms with Gasteiger partial charge in [-0.2, -0.15) is 0 Å². The summed E-state index contributed by atoms with van der Waals surface area (Å²) < 4.78 is 0. The van der Waals surface area contributed by atoms with E-state index in [2.05, 4.69) is 0 Å². The van der Waals surface area contributed by atoms with E-state index in [0.29, 0.717) is 0 Å². The van der Waals surface area contributed by atoms with Crippen molar-refractivity contribution in [3.63, 3.8) is 0 Å². The van der Waals surface area contributed by atoms with E-state index in [4.69, 9.17) is 0 Å². The number of hydrogen-bond donors (Lipinski definition) is 0. The Morgan fingerprint density at radius 3 is 0.500 bits per heavy atom. The van der Waals surface area contributed by atoms with Gasteiger partial charge in [0.05, 0.1) is 0 Å². The van der Waals surface area contributed by atoms with Crippen molar-refractivity contribution < 1.29 is 90.5 Å². The molecule has 6 heteroatoms. The number of rotatable bonds is 0. The van der Waals surface area contributed by atoms with Gasteiger partial charge in [0.2, 0.25) is 0 Å². The molecule has 0 aliphatic heterocycles. The summed E-state index contributed by atoms with van der Waals surface area (Å²) in [5, 5.41) is 0. The van der Waals surface area contributed by atoms with E-state index in [-0.39, 0.29) is 90.5 Å². The zero-order valence-electron chi connectivity index (χ0n) is 2.56. The Hall–Kier alpha value is 2.24. The molecule has 48 valence electrons. The summed E-state index contributed by atoms with van der Waals surface area (Å²) >= 11 is 0. The van der Waals surface area contributed by atoms with E-state index in [1.165, 1.54) is 0 Å². The topological polar surface area (TPSA) is 94.5 Å². The van der Waals surface area contributed by atoms with E-state index < -0.39 is 0 Å². The molecule has 3 nitrogen and oxygen atoms in total. The summed E-state index contributed by atoms with van der Waals surface area (Å²) in [4.78, 5) is 0. The van der Waals surface area contributed by atoms with Crippen LogP contribution in [-0.4, -0.2) is 16.4 Å². The van der Waals surface area contributed by atoms with Crippen LogP contribution < -0.4 is 0 Å². The second-order valence-electron chi connectivity index (χ2n) is 0. The van der Waals surface area contributed by atoms with Gasteiger partial charge in [-0.1, -0.05) is 0 Å². The van der Waals surface area contributed by atoms with Gasteiger partial charge in [-0.25, -0.2) is 0 Å². The Morgan fingerprint density at radius 2 is 0.500 bits per heavy atom. The van der Waals surface area contributed by atoms with Gasteiger partial charge in [-0.15, -0.1) is 0 Å². The molecule has 6 N–H and O–H groups in total. The minimum atomic E-state index is 0. The standard InChI is InChI=1S/2Fe.Gd.3H2O/h;;;3*1H2. The molecule has 0 bridgehead atoms. The van der Waals surface area contributed by atoms with Gasteiger partial charge >= 0.3 is 0 Å². The third-order valence-corrected chi connectivity index (χ3v) is 0. The molecule has 0 aliphatic rings. The Bertz CT molecular complexity index is 8.75. The molecule has 0 fully saturated rings. The van der Waals surface area contributed by atoms with Crippen molar-refractivity contribution in [2.45, 2.75) is 0 Å². The molecule has 0 amide bonds. The SMILES string of the molecule is O.O.O.[Fe].[Fe].[Gd]. The summed E-state index contributed by atoms with van der Waals surface area (Å²) in [5.41, 5.74) is 0. The molecule has 0 radical (unpaired) electrons. The van der Waals surface area contributed by atoms with Crippen LogP contribution in [0.4, 0.5) is 0 Å². The van der Waals surface area contributed by atoms with Crippen LogP contribution in [-0.2, 0) is 34.1 Å². The van der Waals surface area contributed by atoms with Crippen molar-refractivity contribution in [2.24, 2.45) is 0 Å². The third-order valence-electron chi connectivity index (χ3n) is 0. The fraction of sp³-hybridized carbons (Fsp3) is 0. The second-order valence-corrected chi connectivity index (χ2v) is 0. The van der Waals surface area contributed by atoms with Gasteiger partial charge in [0, 0.05) is 74.1 Å². The van der Waals surface area contributed by atoms with Crippen molar-refractivity contribution in [3.05, 3.63) is 0 Å². The zero-order valence-corrected chi connectivity index (χ0v) is 7.04. The van der Waals surface area contributed by atoms with E-state index in [1.54, 1.807) is 0 Å². The van der Waals surface area contributed by atoms with Crippen molar-refractivity contribution in [2.75, 3.05) is 0 Å². The minimum absolute atomic E-state index is 0. The Morgan fingerprint density at radius 1 is 0.500 bits per heavy atom. The Labute approximate surface area is 89.2 Å². The minimum Gasteiger partial charge on any atom is -0.412 e. The monoisotopic (exact) mass is 324 g/mol.